The van der Waals surface area contributed by atoms with E-state index in [0.717, 1.165) is 25.1 Å². The zero-order valence-corrected chi connectivity index (χ0v) is 12.1. The van der Waals surface area contributed by atoms with Crippen LogP contribution < -0.4 is 0 Å². The maximum atomic E-state index is 10.3. The summed E-state index contributed by atoms with van der Waals surface area (Å²) in [5, 5.41) is 13.1. The molecule has 1 aromatic heterocycles. The van der Waals surface area contributed by atoms with Gasteiger partial charge in [-0.3, -0.25) is 4.90 Å². The van der Waals surface area contributed by atoms with Crippen molar-refractivity contribution in [1.82, 2.24) is 4.90 Å². The van der Waals surface area contributed by atoms with E-state index in [1.165, 1.54) is 10.4 Å². The highest BCUT2D eigenvalue weighted by molar-refractivity contribution is 7.10. The van der Waals surface area contributed by atoms with Crippen molar-refractivity contribution in [2.75, 3.05) is 13.1 Å². The van der Waals surface area contributed by atoms with Crippen LogP contribution in [0, 0.1) is 0 Å². The molecule has 1 atom stereocenters. The average molecular weight is 294 g/mol. The third-order valence-electron chi connectivity index (χ3n) is 3.55. The quantitative estimate of drug-likeness (QED) is 0.936. The molecule has 2 aromatic rings. The maximum Gasteiger partial charge on any atom is 0.0917 e. The van der Waals surface area contributed by atoms with Gasteiger partial charge in [-0.1, -0.05) is 23.7 Å². The molecule has 0 saturated carbocycles. The predicted molar refractivity (Wildman–Crippen MR) is 79.7 cm³/mol. The molecule has 0 fully saturated rings. The van der Waals surface area contributed by atoms with E-state index in [1.807, 2.05) is 35.6 Å². The van der Waals surface area contributed by atoms with Gasteiger partial charge in [0.15, 0.2) is 0 Å². The van der Waals surface area contributed by atoms with Gasteiger partial charge in [-0.25, -0.2) is 0 Å². The normalized spacial score (nSPS) is 17.2. The summed E-state index contributed by atoms with van der Waals surface area (Å²) in [7, 11) is 0. The highest BCUT2D eigenvalue weighted by Gasteiger charge is 2.20. The number of fused-ring (bicyclic) bond motifs is 1. The van der Waals surface area contributed by atoms with Crippen LogP contribution in [-0.2, 0) is 13.0 Å². The molecule has 1 aromatic carbocycles. The fraction of sp³-hybridized carbons (Fsp3) is 0.333. The Morgan fingerprint density at radius 3 is 3.11 bits per heavy atom. The zero-order chi connectivity index (χ0) is 13.2. The van der Waals surface area contributed by atoms with Crippen LogP contribution in [0.4, 0.5) is 0 Å². The minimum atomic E-state index is -0.473. The van der Waals surface area contributed by atoms with Crippen molar-refractivity contribution in [2.24, 2.45) is 0 Å². The molecule has 1 unspecified atom stereocenters. The van der Waals surface area contributed by atoms with Crippen molar-refractivity contribution < 1.29 is 5.11 Å². The summed E-state index contributed by atoms with van der Waals surface area (Å²) < 4.78 is 0. The molecule has 0 bridgehead atoms. The number of thiophene rings is 1. The Bertz CT molecular complexity index is 569. The maximum absolute atomic E-state index is 10.3. The Balaban J connectivity index is 1.66. The van der Waals surface area contributed by atoms with Gasteiger partial charge in [-0.2, -0.15) is 0 Å². The predicted octanol–water partition coefficient (Wildman–Crippen LogP) is 3.49. The van der Waals surface area contributed by atoms with Crippen LogP contribution in [0.25, 0.3) is 0 Å². The fourth-order valence-electron chi connectivity index (χ4n) is 2.53. The molecule has 1 aliphatic heterocycles. The lowest BCUT2D eigenvalue weighted by Crippen LogP contribution is -2.33. The molecule has 100 valence electrons. The van der Waals surface area contributed by atoms with E-state index < -0.39 is 6.10 Å². The van der Waals surface area contributed by atoms with Gasteiger partial charge in [0.25, 0.3) is 0 Å². The van der Waals surface area contributed by atoms with Gasteiger partial charge in [0, 0.05) is 29.5 Å². The lowest BCUT2D eigenvalue weighted by Gasteiger charge is -2.28. The van der Waals surface area contributed by atoms with E-state index in [1.54, 1.807) is 0 Å². The van der Waals surface area contributed by atoms with Crippen molar-refractivity contribution in [1.29, 1.82) is 0 Å². The lowest BCUT2D eigenvalue weighted by atomic mass is 10.1. The van der Waals surface area contributed by atoms with Crippen molar-refractivity contribution >= 4 is 22.9 Å². The Morgan fingerprint density at radius 2 is 2.26 bits per heavy atom. The number of halogens is 1. The Labute approximate surface area is 122 Å². The second-order valence-electron chi connectivity index (χ2n) is 4.92. The first-order valence-electron chi connectivity index (χ1n) is 6.43. The topological polar surface area (TPSA) is 23.5 Å². The number of aliphatic hydroxyl groups excluding tert-OH is 1. The number of hydrogen-bond acceptors (Lipinski definition) is 3. The Morgan fingerprint density at radius 1 is 1.37 bits per heavy atom. The van der Waals surface area contributed by atoms with E-state index in [4.69, 9.17) is 11.6 Å². The third kappa shape index (κ3) is 3.00. The van der Waals surface area contributed by atoms with E-state index >= 15 is 0 Å². The highest BCUT2D eigenvalue weighted by atomic mass is 35.5. The van der Waals surface area contributed by atoms with Gasteiger partial charge in [-0.05, 0) is 41.1 Å². The molecule has 1 N–H and O–H groups in total. The van der Waals surface area contributed by atoms with Gasteiger partial charge >= 0.3 is 0 Å². The molecule has 0 saturated heterocycles. The van der Waals surface area contributed by atoms with E-state index in [-0.39, 0.29) is 0 Å². The minimum Gasteiger partial charge on any atom is -0.387 e. The lowest BCUT2D eigenvalue weighted by molar-refractivity contribution is 0.106. The third-order valence-corrected chi connectivity index (χ3v) is 4.81. The van der Waals surface area contributed by atoms with Crippen LogP contribution in [0.15, 0.2) is 35.7 Å². The molecule has 19 heavy (non-hydrogen) atoms. The highest BCUT2D eigenvalue weighted by Crippen LogP contribution is 2.26. The van der Waals surface area contributed by atoms with Crippen molar-refractivity contribution in [3.63, 3.8) is 0 Å². The molecule has 0 amide bonds. The van der Waals surface area contributed by atoms with E-state index in [9.17, 15) is 5.11 Å². The smallest absolute Gasteiger partial charge is 0.0917 e. The summed E-state index contributed by atoms with van der Waals surface area (Å²) in [4.78, 5) is 3.80. The Hall–Kier alpha value is -0.870. The SMILES string of the molecule is OC(CN1CCc2sccc2C1)c1cccc(Cl)c1. The average Bonchev–Trinajstić information content (AvgIpc) is 2.86. The number of rotatable bonds is 3. The van der Waals surface area contributed by atoms with Gasteiger partial charge in [0.2, 0.25) is 0 Å². The molecule has 0 spiro atoms. The van der Waals surface area contributed by atoms with Crippen LogP contribution in [-0.4, -0.2) is 23.1 Å². The van der Waals surface area contributed by atoms with Crippen LogP contribution in [0.5, 0.6) is 0 Å². The number of nitrogens with zero attached hydrogens (tertiary/aromatic N) is 1. The van der Waals surface area contributed by atoms with Crippen molar-refractivity contribution in [2.45, 2.75) is 19.1 Å². The summed E-state index contributed by atoms with van der Waals surface area (Å²) in [6.07, 6.45) is 0.619. The molecular weight excluding hydrogens is 278 g/mol. The summed E-state index contributed by atoms with van der Waals surface area (Å²) in [5.41, 5.74) is 2.30. The minimum absolute atomic E-state index is 0.473. The summed E-state index contributed by atoms with van der Waals surface area (Å²) in [6.45, 7) is 2.62. The number of β-amino-alcohol motifs (C(OH)–C–C–N with tert-alkyl or cyclic N) is 1. The monoisotopic (exact) mass is 293 g/mol. The summed E-state index contributed by atoms with van der Waals surface area (Å²) in [5.74, 6) is 0. The Kier molecular flexibility index (Phi) is 3.89. The number of benzene rings is 1. The first kappa shape index (κ1) is 13.1. The summed E-state index contributed by atoms with van der Waals surface area (Å²) in [6, 6.07) is 9.67. The molecule has 2 nitrogen and oxygen atoms in total. The van der Waals surface area contributed by atoms with E-state index in [0.29, 0.717) is 11.6 Å². The second-order valence-corrected chi connectivity index (χ2v) is 6.36. The number of aliphatic hydroxyl groups is 1. The van der Waals surface area contributed by atoms with E-state index in [2.05, 4.69) is 16.3 Å². The van der Waals surface area contributed by atoms with Crippen molar-refractivity contribution in [3.8, 4) is 0 Å². The molecule has 4 heteroatoms. The summed E-state index contributed by atoms with van der Waals surface area (Å²) >= 11 is 7.80. The molecule has 2 heterocycles. The largest absolute Gasteiger partial charge is 0.387 e. The van der Waals surface area contributed by atoms with Crippen LogP contribution in [0.3, 0.4) is 0 Å². The van der Waals surface area contributed by atoms with Gasteiger partial charge in [0.05, 0.1) is 6.10 Å². The fourth-order valence-corrected chi connectivity index (χ4v) is 3.61. The van der Waals surface area contributed by atoms with Gasteiger partial charge in [-0.15, -0.1) is 11.3 Å². The second kappa shape index (κ2) is 5.63. The first-order valence-corrected chi connectivity index (χ1v) is 7.69. The molecule has 0 aliphatic carbocycles. The molecule has 1 aliphatic rings. The molecule has 3 rings (SSSR count). The van der Waals surface area contributed by atoms with Crippen LogP contribution in [0.1, 0.15) is 22.1 Å². The van der Waals surface area contributed by atoms with Gasteiger partial charge in [0.1, 0.15) is 0 Å². The van der Waals surface area contributed by atoms with Crippen molar-refractivity contribution in [3.05, 3.63) is 56.7 Å². The molecule has 0 radical (unpaired) electrons. The standard InChI is InChI=1S/C15H16ClNOS/c16-13-3-1-2-11(8-13)14(18)10-17-6-4-15-12(9-17)5-7-19-15/h1-3,5,7-8,14,18H,4,6,9-10H2. The van der Waals surface area contributed by atoms with Gasteiger partial charge < -0.3 is 5.11 Å². The number of hydrogen-bond donors (Lipinski definition) is 1. The molecular formula is C15H16ClNOS. The van der Waals surface area contributed by atoms with Crippen LogP contribution >= 0.6 is 22.9 Å². The van der Waals surface area contributed by atoms with Crippen LogP contribution in [0.2, 0.25) is 5.02 Å². The first-order chi connectivity index (χ1) is 9.22. The zero-order valence-electron chi connectivity index (χ0n) is 10.6.